The molecule has 4 rings (SSSR count). The summed E-state index contributed by atoms with van der Waals surface area (Å²) < 4.78 is 16.1. The number of nitrogens with two attached hydrogens (primary N) is 1. The molecule has 0 atom stereocenters. The molecule has 0 saturated carbocycles. The maximum absolute atomic E-state index is 14.4. The first-order valence-corrected chi connectivity index (χ1v) is 8.92. The number of pyridine rings is 1. The fourth-order valence-electron chi connectivity index (χ4n) is 3.17. The van der Waals surface area contributed by atoms with Gasteiger partial charge in [-0.05, 0) is 35.7 Å². The van der Waals surface area contributed by atoms with E-state index >= 15 is 0 Å². The third-order valence-corrected chi connectivity index (χ3v) is 4.58. The van der Waals surface area contributed by atoms with E-state index in [0.29, 0.717) is 23.2 Å². The molecule has 0 unspecified atom stereocenters. The van der Waals surface area contributed by atoms with Crippen LogP contribution in [0.2, 0.25) is 0 Å². The summed E-state index contributed by atoms with van der Waals surface area (Å²) in [5.74, 6) is -1.03. The summed E-state index contributed by atoms with van der Waals surface area (Å²) in [6.07, 6.45) is 2.70. The van der Waals surface area contributed by atoms with Gasteiger partial charge in [-0.2, -0.15) is 0 Å². The van der Waals surface area contributed by atoms with Gasteiger partial charge in [0.15, 0.2) is 0 Å². The van der Waals surface area contributed by atoms with Crippen LogP contribution in [0.15, 0.2) is 54.7 Å². The summed E-state index contributed by atoms with van der Waals surface area (Å²) in [6, 6.07) is 13.6. The topological polar surface area (TPSA) is 86.7 Å². The molecule has 4 aromatic rings. The lowest BCUT2D eigenvalue weighted by Crippen LogP contribution is -2.13. The van der Waals surface area contributed by atoms with Gasteiger partial charge in [-0.1, -0.05) is 42.5 Å². The van der Waals surface area contributed by atoms with Gasteiger partial charge in [-0.15, -0.1) is 5.10 Å². The molecule has 0 saturated heterocycles. The molecular formula is C21H18FN5O. The van der Waals surface area contributed by atoms with Crippen LogP contribution in [0.25, 0.3) is 22.0 Å². The van der Waals surface area contributed by atoms with Crippen molar-refractivity contribution in [2.75, 3.05) is 0 Å². The fourth-order valence-corrected chi connectivity index (χ4v) is 3.17. The minimum absolute atomic E-state index is 0.0944. The predicted molar refractivity (Wildman–Crippen MR) is 104 cm³/mol. The minimum Gasteiger partial charge on any atom is -0.364 e. The van der Waals surface area contributed by atoms with Gasteiger partial charge in [0.2, 0.25) is 0 Å². The predicted octanol–water partition coefficient (Wildman–Crippen LogP) is 3.34. The molecule has 2 aromatic heterocycles. The van der Waals surface area contributed by atoms with Crippen LogP contribution in [0.3, 0.4) is 0 Å². The van der Waals surface area contributed by atoms with Crippen LogP contribution in [0, 0.1) is 5.82 Å². The number of primary amides is 1. The maximum atomic E-state index is 14.4. The highest BCUT2D eigenvalue weighted by Crippen LogP contribution is 2.31. The highest BCUT2D eigenvalue weighted by atomic mass is 19.1. The Hall–Kier alpha value is -3.61. The second-order valence-electron chi connectivity index (χ2n) is 6.51. The molecule has 2 aromatic carbocycles. The maximum Gasteiger partial charge on any atom is 0.267 e. The Bertz CT molecular complexity index is 1180. The Labute approximate surface area is 160 Å². The quantitative estimate of drug-likeness (QED) is 0.580. The van der Waals surface area contributed by atoms with Crippen LogP contribution in [-0.2, 0) is 13.0 Å². The van der Waals surface area contributed by atoms with Gasteiger partial charge < -0.3 is 5.73 Å². The van der Waals surface area contributed by atoms with E-state index in [9.17, 15) is 9.18 Å². The second-order valence-corrected chi connectivity index (χ2v) is 6.51. The Morgan fingerprint density at radius 2 is 1.96 bits per heavy atom. The van der Waals surface area contributed by atoms with Crippen molar-refractivity contribution in [3.63, 3.8) is 0 Å². The molecule has 0 radical (unpaired) electrons. The number of nitrogens with zero attached hydrogens (tertiary/aromatic N) is 4. The van der Waals surface area contributed by atoms with E-state index in [2.05, 4.69) is 15.3 Å². The van der Waals surface area contributed by atoms with Crippen molar-refractivity contribution in [1.82, 2.24) is 20.0 Å². The summed E-state index contributed by atoms with van der Waals surface area (Å²) in [4.78, 5) is 16.1. The molecule has 0 aliphatic rings. The molecule has 0 spiro atoms. The zero-order valence-corrected chi connectivity index (χ0v) is 15.3. The molecule has 1 amide bonds. The number of hydrogen-bond acceptors (Lipinski definition) is 4. The summed E-state index contributed by atoms with van der Waals surface area (Å²) in [6.45, 7) is 2.53. The molecule has 28 heavy (non-hydrogen) atoms. The van der Waals surface area contributed by atoms with Crippen molar-refractivity contribution >= 4 is 16.8 Å². The van der Waals surface area contributed by atoms with Gasteiger partial charge in [0, 0.05) is 17.1 Å². The number of fused-ring (bicyclic) bond motifs is 1. The smallest absolute Gasteiger partial charge is 0.267 e. The molecule has 0 bridgehead atoms. The van der Waals surface area contributed by atoms with E-state index in [1.54, 1.807) is 22.9 Å². The van der Waals surface area contributed by atoms with Gasteiger partial charge in [-0.25, -0.2) is 14.1 Å². The normalized spacial score (nSPS) is 11.1. The molecule has 7 heteroatoms. The monoisotopic (exact) mass is 375 g/mol. The molecule has 2 N–H and O–H groups in total. The van der Waals surface area contributed by atoms with Gasteiger partial charge in [0.05, 0.1) is 17.8 Å². The number of halogens is 1. The Morgan fingerprint density at radius 3 is 2.68 bits per heavy atom. The molecule has 0 aliphatic carbocycles. The third-order valence-electron chi connectivity index (χ3n) is 4.58. The van der Waals surface area contributed by atoms with Crippen LogP contribution >= 0.6 is 0 Å². The van der Waals surface area contributed by atoms with E-state index in [0.717, 1.165) is 23.1 Å². The Balaban J connectivity index is 1.84. The Morgan fingerprint density at radius 1 is 1.14 bits per heavy atom. The van der Waals surface area contributed by atoms with Crippen LogP contribution in [0.5, 0.6) is 0 Å². The number of carbonyl (C=O) groups excluding carboxylic acids is 1. The van der Waals surface area contributed by atoms with Crippen LogP contribution in [0.1, 0.15) is 28.7 Å². The van der Waals surface area contributed by atoms with E-state index in [4.69, 9.17) is 5.73 Å². The number of amides is 1. The van der Waals surface area contributed by atoms with E-state index < -0.39 is 5.91 Å². The summed E-state index contributed by atoms with van der Waals surface area (Å²) in [5.41, 5.74) is 8.95. The fraction of sp³-hybridized carbons (Fsp3) is 0.143. The summed E-state index contributed by atoms with van der Waals surface area (Å²) >= 11 is 0. The van der Waals surface area contributed by atoms with Crippen molar-refractivity contribution in [1.29, 1.82) is 0 Å². The standard InChI is InChI=1S/C21H18FN5O/c1-2-14-12-27(26-25-14)11-13-7-8-16-17(15-5-3-4-6-18(15)22)10-20(21(23)28)24-19(16)9-13/h3-10,12H,2,11H2,1H3,(H2,23,28). The van der Waals surface area contributed by atoms with Crippen molar-refractivity contribution in [2.24, 2.45) is 5.73 Å². The average molecular weight is 375 g/mol. The first-order chi connectivity index (χ1) is 13.5. The number of rotatable bonds is 5. The van der Waals surface area contributed by atoms with E-state index in [1.165, 1.54) is 12.1 Å². The minimum atomic E-state index is -0.659. The highest BCUT2D eigenvalue weighted by molar-refractivity contribution is 6.01. The lowest BCUT2D eigenvalue weighted by molar-refractivity contribution is 0.0996. The lowest BCUT2D eigenvalue weighted by Gasteiger charge is -2.11. The van der Waals surface area contributed by atoms with Gasteiger partial charge in [-0.3, -0.25) is 4.79 Å². The van der Waals surface area contributed by atoms with E-state index in [1.807, 2.05) is 31.3 Å². The number of aryl methyl sites for hydroxylation is 1. The largest absolute Gasteiger partial charge is 0.364 e. The van der Waals surface area contributed by atoms with Crippen molar-refractivity contribution < 1.29 is 9.18 Å². The first-order valence-electron chi connectivity index (χ1n) is 8.92. The number of aromatic nitrogens is 4. The van der Waals surface area contributed by atoms with Gasteiger partial charge in [0.1, 0.15) is 11.5 Å². The van der Waals surface area contributed by atoms with Crippen LogP contribution in [0.4, 0.5) is 4.39 Å². The molecule has 0 fully saturated rings. The van der Waals surface area contributed by atoms with Crippen molar-refractivity contribution in [3.05, 3.63) is 77.5 Å². The zero-order chi connectivity index (χ0) is 19.7. The van der Waals surface area contributed by atoms with Crippen LogP contribution in [-0.4, -0.2) is 25.9 Å². The number of benzene rings is 2. The molecule has 140 valence electrons. The molecule has 2 heterocycles. The first kappa shape index (κ1) is 17.8. The number of carbonyl (C=O) groups is 1. The third kappa shape index (κ3) is 3.34. The van der Waals surface area contributed by atoms with Crippen molar-refractivity contribution in [3.8, 4) is 11.1 Å². The average Bonchev–Trinajstić information content (AvgIpc) is 3.15. The zero-order valence-electron chi connectivity index (χ0n) is 15.3. The lowest BCUT2D eigenvalue weighted by atomic mass is 9.98. The summed E-state index contributed by atoms with van der Waals surface area (Å²) in [5, 5.41) is 8.94. The highest BCUT2D eigenvalue weighted by Gasteiger charge is 2.14. The van der Waals surface area contributed by atoms with Gasteiger partial charge >= 0.3 is 0 Å². The Kier molecular flexibility index (Phi) is 4.57. The van der Waals surface area contributed by atoms with E-state index in [-0.39, 0.29) is 11.5 Å². The number of hydrogen-bond donors (Lipinski definition) is 1. The molecule has 0 aliphatic heterocycles. The molecular weight excluding hydrogens is 357 g/mol. The molecule has 6 nitrogen and oxygen atoms in total. The SMILES string of the molecule is CCc1cn(Cc2ccc3c(-c4ccccc4F)cc(C(N)=O)nc3c2)nn1. The van der Waals surface area contributed by atoms with Gasteiger partial charge in [0.25, 0.3) is 5.91 Å². The second kappa shape index (κ2) is 7.19. The van der Waals surface area contributed by atoms with Crippen molar-refractivity contribution in [2.45, 2.75) is 19.9 Å². The summed E-state index contributed by atoms with van der Waals surface area (Å²) in [7, 11) is 0. The van der Waals surface area contributed by atoms with Crippen LogP contribution < -0.4 is 5.73 Å².